The van der Waals surface area contributed by atoms with Gasteiger partial charge >= 0.3 is 0 Å². The first-order valence-electron chi connectivity index (χ1n) is 8.36. The van der Waals surface area contributed by atoms with Crippen LogP contribution in [0.3, 0.4) is 0 Å². The second-order valence-corrected chi connectivity index (χ2v) is 5.69. The van der Waals surface area contributed by atoms with Gasteiger partial charge in [-0.3, -0.25) is 0 Å². The molecule has 0 bridgehead atoms. The van der Waals surface area contributed by atoms with Crippen molar-refractivity contribution in [2.75, 3.05) is 13.2 Å². The summed E-state index contributed by atoms with van der Waals surface area (Å²) in [5.74, 6) is 0. The van der Waals surface area contributed by atoms with Crippen LogP contribution in [0.4, 0.5) is 0 Å². The maximum Gasteiger partial charge on any atom is 0.0864 e. The van der Waals surface area contributed by atoms with E-state index in [-0.39, 0.29) is 25.4 Å². The third-order valence-electron chi connectivity index (χ3n) is 3.86. The molecule has 2 N–H and O–H groups in total. The molecule has 0 fully saturated rings. The van der Waals surface area contributed by atoms with Crippen LogP contribution >= 0.6 is 0 Å². The largest absolute Gasteiger partial charge is 0.396 e. The van der Waals surface area contributed by atoms with Gasteiger partial charge in [-0.25, -0.2) is 0 Å². The van der Waals surface area contributed by atoms with Gasteiger partial charge in [0.05, 0.1) is 25.4 Å². The normalized spacial score (nSPS) is 13.6. The molecule has 0 spiro atoms. The smallest absolute Gasteiger partial charge is 0.0864 e. The molecule has 0 aliphatic carbocycles. The van der Waals surface area contributed by atoms with Gasteiger partial charge in [-0.1, -0.05) is 60.7 Å². The SMILES string of the molecule is OCCC(OCc1ccccc1)C(CCO)OCc1ccccc1. The minimum absolute atomic E-state index is 0.0239. The molecule has 0 saturated heterocycles. The Labute approximate surface area is 143 Å². The summed E-state index contributed by atoms with van der Waals surface area (Å²) in [4.78, 5) is 0. The van der Waals surface area contributed by atoms with Gasteiger partial charge in [0.1, 0.15) is 0 Å². The van der Waals surface area contributed by atoms with Crippen LogP contribution in [0.25, 0.3) is 0 Å². The van der Waals surface area contributed by atoms with Gasteiger partial charge in [0.25, 0.3) is 0 Å². The molecule has 0 amide bonds. The molecule has 0 saturated carbocycles. The number of aliphatic hydroxyl groups is 2. The zero-order valence-electron chi connectivity index (χ0n) is 13.9. The minimum Gasteiger partial charge on any atom is -0.396 e. The molecule has 2 rings (SSSR count). The molecular formula is C20H26O4. The van der Waals surface area contributed by atoms with E-state index in [1.807, 2.05) is 60.7 Å². The Morgan fingerprint density at radius 1 is 0.625 bits per heavy atom. The Morgan fingerprint density at radius 2 is 1.00 bits per heavy atom. The predicted molar refractivity (Wildman–Crippen MR) is 93.4 cm³/mol. The second kappa shape index (κ2) is 10.9. The highest BCUT2D eigenvalue weighted by Crippen LogP contribution is 2.16. The summed E-state index contributed by atoms with van der Waals surface area (Å²) in [6.45, 7) is 0.969. The molecule has 0 radical (unpaired) electrons. The molecule has 2 atom stereocenters. The average molecular weight is 330 g/mol. The summed E-state index contributed by atoms with van der Waals surface area (Å²) in [6.07, 6.45) is 0.440. The molecule has 0 aliphatic rings. The topological polar surface area (TPSA) is 58.9 Å². The van der Waals surface area contributed by atoms with E-state index in [4.69, 9.17) is 9.47 Å². The van der Waals surface area contributed by atoms with Crippen molar-refractivity contribution in [3.63, 3.8) is 0 Å². The number of rotatable bonds is 11. The van der Waals surface area contributed by atoms with Gasteiger partial charge in [-0.2, -0.15) is 0 Å². The van der Waals surface area contributed by atoms with Crippen molar-refractivity contribution in [2.45, 2.75) is 38.3 Å². The van der Waals surface area contributed by atoms with Gasteiger partial charge < -0.3 is 19.7 Å². The van der Waals surface area contributed by atoms with Crippen LogP contribution in [0, 0.1) is 0 Å². The lowest BCUT2D eigenvalue weighted by atomic mass is 10.1. The number of hydrogen-bond donors (Lipinski definition) is 2. The van der Waals surface area contributed by atoms with E-state index in [2.05, 4.69) is 0 Å². The number of benzene rings is 2. The Morgan fingerprint density at radius 3 is 1.33 bits per heavy atom. The summed E-state index contributed by atoms with van der Waals surface area (Å²) in [5.41, 5.74) is 2.15. The Hall–Kier alpha value is -1.72. The third-order valence-corrected chi connectivity index (χ3v) is 3.86. The second-order valence-electron chi connectivity index (χ2n) is 5.69. The van der Waals surface area contributed by atoms with Gasteiger partial charge in [-0.15, -0.1) is 0 Å². The van der Waals surface area contributed by atoms with Gasteiger partial charge in [0, 0.05) is 13.2 Å². The van der Waals surface area contributed by atoms with Gasteiger partial charge in [-0.05, 0) is 24.0 Å². The highest BCUT2D eigenvalue weighted by molar-refractivity contribution is 5.14. The molecule has 0 aliphatic heterocycles. The van der Waals surface area contributed by atoms with E-state index in [0.717, 1.165) is 11.1 Å². The zero-order valence-corrected chi connectivity index (χ0v) is 13.9. The van der Waals surface area contributed by atoms with Crippen LogP contribution < -0.4 is 0 Å². The van der Waals surface area contributed by atoms with Crippen LogP contribution in [-0.2, 0) is 22.7 Å². The van der Waals surface area contributed by atoms with Gasteiger partial charge in [0.2, 0.25) is 0 Å². The molecule has 2 aromatic rings. The first-order valence-corrected chi connectivity index (χ1v) is 8.36. The number of aliphatic hydroxyl groups excluding tert-OH is 2. The fraction of sp³-hybridized carbons (Fsp3) is 0.400. The van der Waals surface area contributed by atoms with Crippen LogP contribution in [0.2, 0.25) is 0 Å². The predicted octanol–water partition coefficient (Wildman–Crippen LogP) is 2.92. The van der Waals surface area contributed by atoms with E-state index in [9.17, 15) is 10.2 Å². The van der Waals surface area contributed by atoms with Crippen molar-refractivity contribution in [3.8, 4) is 0 Å². The standard InChI is InChI=1S/C20H26O4/c21-13-11-19(23-15-17-7-3-1-4-8-17)20(12-14-22)24-16-18-9-5-2-6-10-18/h1-10,19-22H,11-16H2. The van der Waals surface area contributed by atoms with Gasteiger partial charge in [0.15, 0.2) is 0 Å². The molecule has 2 aromatic carbocycles. The Kier molecular flexibility index (Phi) is 8.49. The monoisotopic (exact) mass is 330 g/mol. The molecule has 2 unspecified atom stereocenters. The van der Waals surface area contributed by atoms with Crippen molar-refractivity contribution in [2.24, 2.45) is 0 Å². The Balaban J connectivity index is 1.94. The fourth-order valence-electron chi connectivity index (χ4n) is 2.56. The highest BCUT2D eigenvalue weighted by atomic mass is 16.5. The summed E-state index contributed by atoms with van der Waals surface area (Å²) >= 11 is 0. The van der Waals surface area contributed by atoms with Crippen molar-refractivity contribution >= 4 is 0 Å². The average Bonchev–Trinajstić information content (AvgIpc) is 2.64. The Bertz CT molecular complexity index is 493. The summed E-state index contributed by atoms with van der Waals surface area (Å²) in [7, 11) is 0. The minimum atomic E-state index is -0.258. The van der Waals surface area contributed by atoms with E-state index >= 15 is 0 Å². The highest BCUT2D eigenvalue weighted by Gasteiger charge is 2.22. The van der Waals surface area contributed by atoms with Crippen molar-refractivity contribution < 1.29 is 19.7 Å². The third kappa shape index (κ3) is 6.42. The lowest BCUT2D eigenvalue weighted by Crippen LogP contribution is -2.33. The van der Waals surface area contributed by atoms with E-state index in [1.165, 1.54) is 0 Å². The number of ether oxygens (including phenoxy) is 2. The van der Waals surface area contributed by atoms with Crippen molar-refractivity contribution in [1.29, 1.82) is 0 Å². The molecule has 0 heterocycles. The maximum atomic E-state index is 9.34. The number of hydrogen-bond acceptors (Lipinski definition) is 4. The van der Waals surface area contributed by atoms with E-state index < -0.39 is 0 Å². The van der Waals surface area contributed by atoms with Crippen LogP contribution in [0.15, 0.2) is 60.7 Å². The first-order chi connectivity index (χ1) is 11.8. The van der Waals surface area contributed by atoms with Crippen molar-refractivity contribution in [1.82, 2.24) is 0 Å². The molecular weight excluding hydrogens is 304 g/mol. The molecule has 4 nitrogen and oxygen atoms in total. The lowest BCUT2D eigenvalue weighted by Gasteiger charge is -2.27. The van der Waals surface area contributed by atoms with Crippen LogP contribution in [0.5, 0.6) is 0 Å². The van der Waals surface area contributed by atoms with Crippen LogP contribution in [0.1, 0.15) is 24.0 Å². The molecule has 0 aromatic heterocycles. The zero-order chi connectivity index (χ0) is 17.0. The molecule has 4 heteroatoms. The molecule has 24 heavy (non-hydrogen) atoms. The summed E-state index contributed by atoms with van der Waals surface area (Å²) < 4.78 is 12.0. The van der Waals surface area contributed by atoms with Crippen molar-refractivity contribution in [3.05, 3.63) is 71.8 Å². The quantitative estimate of drug-likeness (QED) is 0.665. The maximum absolute atomic E-state index is 9.34. The molecule has 130 valence electrons. The summed E-state index contributed by atoms with van der Waals surface area (Å²) in [5, 5.41) is 18.7. The van der Waals surface area contributed by atoms with Crippen LogP contribution in [-0.4, -0.2) is 35.6 Å². The first kappa shape index (κ1) is 18.6. The lowest BCUT2D eigenvalue weighted by molar-refractivity contribution is -0.0994. The summed E-state index contributed by atoms with van der Waals surface area (Å²) in [6, 6.07) is 19.8. The fourth-order valence-corrected chi connectivity index (χ4v) is 2.56. The van der Waals surface area contributed by atoms with E-state index in [1.54, 1.807) is 0 Å². The van der Waals surface area contributed by atoms with E-state index in [0.29, 0.717) is 26.1 Å².